The van der Waals surface area contributed by atoms with Gasteiger partial charge in [0.25, 0.3) is 0 Å². The highest BCUT2D eigenvalue weighted by atomic mass is 16.5. The first-order valence-electron chi connectivity index (χ1n) is 5.72. The lowest BCUT2D eigenvalue weighted by molar-refractivity contribution is -0.116. The van der Waals surface area contributed by atoms with E-state index >= 15 is 0 Å². The second kappa shape index (κ2) is 6.25. The van der Waals surface area contributed by atoms with Gasteiger partial charge in [-0.3, -0.25) is 4.79 Å². The average Bonchev–Trinajstić information content (AvgIpc) is 2.29. The van der Waals surface area contributed by atoms with Crippen LogP contribution in [-0.4, -0.2) is 19.1 Å². The molecule has 1 atom stereocenters. The van der Waals surface area contributed by atoms with Crippen molar-refractivity contribution in [1.82, 2.24) is 0 Å². The Kier molecular flexibility index (Phi) is 4.97. The molecule has 0 aliphatic heterocycles. The van der Waals surface area contributed by atoms with Crippen molar-refractivity contribution in [2.75, 3.05) is 12.4 Å². The standard InChI is InChI=1S/C13H20N2O2/c1-9(2)12(14)8-13(16)15-10-4-6-11(17-3)7-5-10/h4-7,9,12H,8,14H2,1-3H3,(H,15,16). The molecule has 0 spiro atoms. The fourth-order valence-electron chi connectivity index (χ4n) is 1.34. The molecule has 4 heteroatoms. The van der Waals surface area contributed by atoms with Gasteiger partial charge in [0.05, 0.1) is 7.11 Å². The van der Waals surface area contributed by atoms with Gasteiger partial charge >= 0.3 is 0 Å². The molecule has 3 N–H and O–H groups in total. The third-order valence-electron chi connectivity index (χ3n) is 2.65. The van der Waals surface area contributed by atoms with Crippen molar-refractivity contribution in [3.05, 3.63) is 24.3 Å². The zero-order valence-corrected chi connectivity index (χ0v) is 10.6. The average molecular weight is 236 g/mol. The summed E-state index contributed by atoms with van der Waals surface area (Å²) in [6.45, 7) is 4.01. The Morgan fingerprint density at radius 2 is 1.94 bits per heavy atom. The number of benzene rings is 1. The lowest BCUT2D eigenvalue weighted by Crippen LogP contribution is -2.31. The highest BCUT2D eigenvalue weighted by Gasteiger charge is 2.12. The largest absolute Gasteiger partial charge is 0.497 e. The molecule has 94 valence electrons. The number of carbonyl (C=O) groups is 1. The van der Waals surface area contributed by atoms with Gasteiger partial charge in [-0.05, 0) is 30.2 Å². The van der Waals surface area contributed by atoms with E-state index in [-0.39, 0.29) is 11.9 Å². The molecule has 1 unspecified atom stereocenters. The van der Waals surface area contributed by atoms with Crippen molar-refractivity contribution in [2.24, 2.45) is 11.7 Å². The van der Waals surface area contributed by atoms with Crippen LogP contribution in [-0.2, 0) is 4.79 Å². The number of nitrogens with two attached hydrogens (primary N) is 1. The van der Waals surface area contributed by atoms with Crippen LogP contribution in [0.1, 0.15) is 20.3 Å². The lowest BCUT2D eigenvalue weighted by Gasteiger charge is -2.15. The SMILES string of the molecule is COc1ccc(NC(=O)CC(N)C(C)C)cc1. The normalized spacial score (nSPS) is 12.3. The van der Waals surface area contributed by atoms with E-state index in [1.165, 1.54) is 0 Å². The van der Waals surface area contributed by atoms with E-state index in [9.17, 15) is 4.79 Å². The molecule has 1 amide bonds. The number of amides is 1. The molecular formula is C13H20N2O2. The summed E-state index contributed by atoms with van der Waals surface area (Å²) in [6, 6.07) is 7.11. The number of rotatable bonds is 5. The number of hydrogen-bond donors (Lipinski definition) is 2. The molecule has 1 aromatic rings. The molecule has 17 heavy (non-hydrogen) atoms. The summed E-state index contributed by atoms with van der Waals surface area (Å²) < 4.78 is 5.04. The molecule has 4 nitrogen and oxygen atoms in total. The number of ether oxygens (including phenoxy) is 1. The molecule has 0 bridgehead atoms. The molecule has 0 aliphatic rings. The number of hydrogen-bond acceptors (Lipinski definition) is 3. The van der Waals surface area contributed by atoms with Gasteiger partial charge in [0.1, 0.15) is 5.75 Å². The summed E-state index contributed by atoms with van der Waals surface area (Å²) in [5.74, 6) is 1.01. The molecule has 0 aromatic heterocycles. The van der Waals surface area contributed by atoms with E-state index in [1.54, 1.807) is 31.4 Å². The summed E-state index contributed by atoms with van der Waals surface area (Å²) >= 11 is 0. The van der Waals surface area contributed by atoms with E-state index in [1.807, 2.05) is 13.8 Å². The molecule has 0 radical (unpaired) electrons. The van der Waals surface area contributed by atoms with Gasteiger partial charge in [-0.1, -0.05) is 13.8 Å². The maximum Gasteiger partial charge on any atom is 0.225 e. The van der Waals surface area contributed by atoms with E-state index < -0.39 is 0 Å². The monoisotopic (exact) mass is 236 g/mol. The van der Waals surface area contributed by atoms with Crippen molar-refractivity contribution in [3.63, 3.8) is 0 Å². The second-order valence-electron chi connectivity index (χ2n) is 4.39. The van der Waals surface area contributed by atoms with Crippen molar-refractivity contribution in [3.8, 4) is 5.75 Å². The molecule has 0 heterocycles. The Morgan fingerprint density at radius 3 is 2.41 bits per heavy atom. The first kappa shape index (κ1) is 13.5. The summed E-state index contributed by atoms with van der Waals surface area (Å²) in [4.78, 5) is 11.7. The molecule has 0 aliphatic carbocycles. The summed E-state index contributed by atoms with van der Waals surface area (Å²) in [5.41, 5.74) is 6.59. The minimum Gasteiger partial charge on any atom is -0.497 e. The van der Waals surface area contributed by atoms with Gasteiger partial charge in [0, 0.05) is 18.2 Å². The van der Waals surface area contributed by atoms with Gasteiger partial charge in [-0.25, -0.2) is 0 Å². The van der Waals surface area contributed by atoms with E-state index in [4.69, 9.17) is 10.5 Å². The Balaban J connectivity index is 2.50. The molecule has 1 aromatic carbocycles. The lowest BCUT2D eigenvalue weighted by atomic mass is 10.0. The van der Waals surface area contributed by atoms with Crippen LogP contribution >= 0.6 is 0 Å². The van der Waals surface area contributed by atoms with Crippen LogP contribution in [0.15, 0.2) is 24.3 Å². The van der Waals surface area contributed by atoms with E-state index in [2.05, 4.69) is 5.32 Å². The molecule has 1 rings (SSSR count). The highest BCUT2D eigenvalue weighted by molar-refractivity contribution is 5.91. The molecular weight excluding hydrogens is 216 g/mol. The van der Waals surface area contributed by atoms with Gasteiger partial charge < -0.3 is 15.8 Å². The zero-order chi connectivity index (χ0) is 12.8. The maximum atomic E-state index is 11.7. The molecule has 0 saturated carbocycles. The predicted molar refractivity (Wildman–Crippen MR) is 69.1 cm³/mol. The Labute approximate surface area is 102 Å². The molecule has 0 fully saturated rings. The van der Waals surface area contributed by atoms with E-state index in [0.29, 0.717) is 12.3 Å². The summed E-state index contributed by atoms with van der Waals surface area (Å²) in [7, 11) is 1.61. The van der Waals surface area contributed by atoms with Gasteiger partial charge in [-0.2, -0.15) is 0 Å². The number of carbonyl (C=O) groups excluding carboxylic acids is 1. The summed E-state index contributed by atoms with van der Waals surface area (Å²) in [6.07, 6.45) is 0.337. The molecule has 0 saturated heterocycles. The summed E-state index contributed by atoms with van der Waals surface area (Å²) in [5, 5.41) is 2.80. The number of nitrogens with one attached hydrogen (secondary N) is 1. The van der Waals surface area contributed by atoms with Crippen LogP contribution in [0.25, 0.3) is 0 Å². The van der Waals surface area contributed by atoms with Crippen molar-refractivity contribution in [1.29, 1.82) is 0 Å². The Hall–Kier alpha value is -1.55. The van der Waals surface area contributed by atoms with Crippen molar-refractivity contribution >= 4 is 11.6 Å². The van der Waals surface area contributed by atoms with Crippen LogP contribution in [0.3, 0.4) is 0 Å². The number of methoxy groups -OCH3 is 1. The zero-order valence-electron chi connectivity index (χ0n) is 10.6. The van der Waals surface area contributed by atoms with Gasteiger partial charge in [-0.15, -0.1) is 0 Å². The predicted octanol–water partition coefficient (Wildman–Crippen LogP) is 2.01. The van der Waals surface area contributed by atoms with Gasteiger partial charge in [0.2, 0.25) is 5.91 Å². The van der Waals surface area contributed by atoms with Gasteiger partial charge in [0.15, 0.2) is 0 Å². The first-order valence-corrected chi connectivity index (χ1v) is 5.72. The Morgan fingerprint density at radius 1 is 1.35 bits per heavy atom. The fraction of sp³-hybridized carbons (Fsp3) is 0.462. The highest BCUT2D eigenvalue weighted by Crippen LogP contribution is 2.15. The topological polar surface area (TPSA) is 64.3 Å². The minimum atomic E-state index is -0.103. The van der Waals surface area contributed by atoms with Crippen LogP contribution in [0.4, 0.5) is 5.69 Å². The minimum absolute atomic E-state index is 0.0589. The van der Waals surface area contributed by atoms with Crippen LogP contribution in [0.2, 0.25) is 0 Å². The van der Waals surface area contributed by atoms with Crippen LogP contribution in [0, 0.1) is 5.92 Å². The van der Waals surface area contributed by atoms with Crippen LogP contribution < -0.4 is 15.8 Å². The maximum absolute atomic E-state index is 11.7. The third kappa shape index (κ3) is 4.44. The van der Waals surface area contributed by atoms with E-state index in [0.717, 1.165) is 11.4 Å². The first-order chi connectivity index (χ1) is 8.02. The van der Waals surface area contributed by atoms with Crippen LogP contribution in [0.5, 0.6) is 5.75 Å². The fourth-order valence-corrected chi connectivity index (χ4v) is 1.34. The Bertz CT molecular complexity index is 360. The second-order valence-corrected chi connectivity index (χ2v) is 4.39. The quantitative estimate of drug-likeness (QED) is 0.822. The van der Waals surface area contributed by atoms with Crippen molar-refractivity contribution < 1.29 is 9.53 Å². The smallest absolute Gasteiger partial charge is 0.225 e. The van der Waals surface area contributed by atoms with Crippen molar-refractivity contribution in [2.45, 2.75) is 26.3 Å². The number of anilines is 1. The third-order valence-corrected chi connectivity index (χ3v) is 2.65.